The van der Waals surface area contributed by atoms with E-state index in [9.17, 15) is 19.2 Å². The summed E-state index contributed by atoms with van der Waals surface area (Å²) in [6.45, 7) is 21.1. The van der Waals surface area contributed by atoms with Gasteiger partial charge in [-0.1, -0.05) is 135 Å². The predicted octanol–water partition coefficient (Wildman–Crippen LogP) is 6.76. The standard InChI is InChI=1S/C86H119N13O12/c1-48(87-13)70(100)44-64(84(4,5)6)81(109)98-46-59(42-68(98)79(107)93-65-35-23-29-52-26-17-20-33-62(52)65)91-77(105)56-37-55(76(104)90-58-41-67(71(101)40-54-31-22-28-51-25-16-19-32-61(51)54)97(45-58)82(110)72(85(7,8)9)95-74(102)49(2)88-14)38-57(39-56)78(106)92-60-43-69(80(108)94-66-36-24-30-53-27-18-21-34-63(53)66)99(47-60)83(111)73(86(10,11)12)96-75(103)50(3)89-15/h16-21,25-27,32-34,37-39,48-50,54,58-60,64-69,72-73,87-89H,22-24,28-31,35-36,40-47H2,1-15H3,(H,90,104)(H,91,105)(H,92,106)(H,93,107)(H,94,108)(H,95,102)(H,96,103)/t48-,49-,50-,54-,58-,59-,60-,64+,65+,66+,67-,68-,69-,72+,73?/m0/s1. The van der Waals surface area contributed by atoms with E-state index < -0.39 is 148 Å². The van der Waals surface area contributed by atoms with E-state index in [-0.39, 0.29) is 98.0 Å². The second-order valence-electron chi connectivity index (χ2n) is 35.0. The van der Waals surface area contributed by atoms with Crippen molar-refractivity contribution in [3.05, 3.63) is 141 Å². The largest absolute Gasteiger partial charge is 0.347 e. The number of hydrogen-bond donors (Lipinski definition) is 10. The zero-order valence-corrected chi connectivity index (χ0v) is 67.6. The van der Waals surface area contributed by atoms with Gasteiger partial charge in [-0.25, -0.2) is 0 Å². The molecule has 0 spiro atoms. The highest BCUT2D eigenvalue weighted by Gasteiger charge is 2.50. The smallest absolute Gasteiger partial charge is 0.251 e. The first-order chi connectivity index (χ1) is 52.5. The molecule has 3 saturated heterocycles. The Kier molecular flexibility index (Phi) is 27.1. The Bertz CT molecular complexity index is 3730. The molecule has 0 aromatic heterocycles. The summed E-state index contributed by atoms with van der Waals surface area (Å²) in [6, 6.07) is 16.9. The number of fused-ring (bicyclic) bond motifs is 3. The van der Waals surface area contributed by atoms with Crippen LogP contribution in [0.3, 0.4) is 0 Å². The third-order valence-corrected chi connectivity index (χ3v) is 23.9. The number of likely N-dealkylation sites (tertiary alicyclic amines) is 3. The summed E-state index contributed by atoms with van der Waals surface area (Å²) in [7, 11) is 4.92. The second-order valence-corrected chi connectivity index (χ2v) is 35.0. The molecule has 0 saturated carbocycles. The van der Waals surface area contributed by atoms with Crippen LogP contribution < -0.4 is 53.2 Å². The molecule has 1 unspecified atom stereocenters. The Hall–Kier alpha value is -9.20. The Balaban J connectivity index is 0.999. The van der Waals surface area contributed by atoms with Crippen LogP contribution in [0.4, 0.5) is 0 Å². The van der Waals surface area contributed by atoms with Crippen LogP contribution in [-0.2, 0) is 62.4 Å². The van der Waals surface area contributed by atoms with Crippen molar-refractivity contribution in [2.45, 2.75) is 257 Å². The van der Waals surface area contributed by atoms with E-state index >= 15 is 38.4 Å². The van der Waals surface area contributed by atoms with Crippen molar-refractivity contribution in [2.24, 2.45) is 22.2 Å². The third kappa shape index (κ3) is 20.0. The SMILES string of the molecule is CN[C@@H](C)C(=O)C[C@H](C(=O)N1C[C@@H](NC(=O)c2cc(C(=O)N[C@H]3C[C@@H](C(=O)N[C@@H]4CCCc5ccccc54)N(C(=O)C(NC(=O)[C@H](C)NC)C(C)(C)C)C3)cc(C(=O)N[C@H]3C[C@@H](C(=O)C[C@@H]4CCCc5ccccc54)N(C(=O)[C@@H](NC(=O)[C@H](C)NC)C(C)(C)C)C3)c2)C[C@H]1C(=O)N[C@@H]1CCCc2ccccc21)C(C)(C)C. The number of rotatable bonds is 26. The monoisotopic (exact) mass is 1530 g/mol. The number of carbonyl (C=O) groups is 12. The number of Topliss-reactive ketones (excluding diaryl/α,β-unsaturated/α-hetero) is 2. The molecule has 6 aliphatic rings. The summed E-state index contributed by atoms with van der Waals surface area (Å²) < 4.78 is 0. The molecule has 25 nitrogen and oxygen atoms in total. The molecule has 25 heteroatoms. The molecule has 0 radical (unpaired) electrons. The summed E-state index contributed by atoms with van der Waals surface area (Å²) in [5.41, 5.74) is 3.38. The zero-order valence-electron chi connectivity index (χ0n) is 67.6. The first kappa shape index (κ1) is 84.3. The number of amides is 10. The van der Waals surface area contributed by atoms with Crippen LogP contribution in [0.1, 0.15) is 236 Å². The fraction of sp³-hybridized carbons (Fsp3) is 0.581. The van der Waals surface area contributed by atoms with Gasteiger partial charge in [-0.15, -0.1) is 0 Å². The number of hydrogen-bond acceptors (Lipinski definition) is 15. The quantitative estimate of drug-likeness (QED) is 0.0311. The summed E-state index contributed by atoms with van der Waals surface area (Å²) in [5, 5.41) is 30.4. The van der Waals surface area contributed by atoms with Gasteiger partial charge in [0.05, 0.1) is 36.3 Å². The van der Waals surface area contributed by atoms with Crippen molar-refractivity contribution < 1.29 is 57.5 Å². The van der Waals surface area contributed by atoms with E-state index in [1.807, 2.05) is 129 Å². The van der Waals surface area contributed by atoms with E-state index in [1.165, 1.54) is 32.9 Å². The molecule has 10 rings (SSSR count). The topological polar surface area (TPSA) is 335 Å². The van der Waals surface area contributed by atoms with Crippen LogP contribution in [0.5, 0.6) is 0 Å². The highest BCUT2D eigenvalue weighted by Crippen LogP contribution is 2.39. The molecular weight excluding hydrogens is 1410 g/mol. The number of aryl methyl sites for hydroxylation is 3. The number of benzene rings is 4. The molecule has 4 aromatic carbocycles. The summed E-state index contributed by atoms with van der Waals surface area (Å²) >= 11 is 0. The Morgan fingerprint density at radius 3 is 1.16 bits per heavy atom. The van der Waals surface area contributed by atoms with Crippen molar-refractivity contribution in [3.8, 4) is 0 Å². The van der Waals surface area contributed by atoms with Crippen molar-refractivity contribution in [1.29, 1.82) is 0 Å². The molecular formula is C86H119N13O12. The summed E-state index contributed by atoms with van der Waals surface area (Å²) in [4.78, 5) is 183. The fourth-order valence-electron chi connectivity index (χ4n) is 16.9. The fourth-order valence-corrected chi connectivity index (χ4v) is 16.9. The molecule has 3 aliphatic heterocycles. The normalized spacial score (nSPS) is 23.3. The van der Waals surface area contributed by atoms with E-state index in [0.29, 0.717) is 12.8 Å². The maximum atomic E-state index is 15.4. The van der Waals surface area contributed by atoms with Gasteiger partial charge in [0, 0.05) is 73.2 Å². The van der Waals surface area contributed by atoms with Crippen LogP contribution in [0.25, 0.3) is 0 Å². The molecule has 3 fully saturated rings. The molecule has 0 bridgehead atoms. The average molecular weight is 1530 g/mol. The summed E-state index contributed by atoms with van der Waals surface area (Å²) in [6.07, 6.45) is 6.94. The minimum Gasteiger partial charge on any atom is -0.347 e. The highest BCUT2D eigenvalue weighted by molar-refractivity contribution is 6.06. The number of ketones is 2. The molecule has 600 valence electrons. The number of nitrogens with zero attached hydrogens (tertiary/aromatic N) is 3. The second kappa shape index (κ2) is 35.7. The molecule has 111 heavy (non-hydrogen) atoms. The lowest BCUT2D eigenvalue weighted by Gasteiger charge is -2.36. The van der Waals surface area contributed by atoms with E-state index in [1.54, 1.807) is 41.9 Å². The van der Waals surface area contributed by atoms with Crippen LogP contribution in [0.15, 0.2) is 91.0 Å². The maximum Gasteiger partial charge on any atom is 0.251 e. The van der Waals surface area contributed by atoms with Crippen LogP contribution >= 0.6 is 0 Å². The van der Waals surface area contributed by atoms with Gasteiger partial charge in [-0.3, -0.25) is 57.5 Å². The first-order valence-electron chi connectivity index (χ1n) is 40.0. The lowest BCUT2D eigenvalue weighted by Crippen LogP contribution is -2.59. The minimum absolute atomic E-state index is 0.0131. The third-order valence-electron chi connectivity index (χ3n) is 23.9. The van der Waals surface area contributed by atoms with E-state index in [4.69, 9.17) is 0 Å². The van der Waals surface area contributed by atoms with Crippen molar-refractivity contribution in [1.82, 2.24) is 67.9 Å². The van der Waals surface area contributed by atoms with E-state index in [2.05, 4.69) is 59.2 Å². The van der Waals surface area contributed by atoms with E-state index in [0.717, 1.165) is 78.3 Å². The lowest BCUT2D eigenvalue weighted by atomic mass is 9.76. The maximum absolute atomic E-state index is 15.4. The van der Waals surface area contributed by atoms with Crippen LogP contribution in [0, 0.1) is 22.2 Å². The van der Waals surface area contributed by atoms with Gasteiger partial charge in [-0.05, 0) is 193 Å². The minimum atomic E-state index is -1.14. The summed E-state index contributed by atoms with van der Waals surface area (Å²) in [5.74, 6) is -7.02. The molecule has 10 N–H and O–H groups in total. The molecule has 10 amide bonds. The Labute approximate surface area is 654 Å². The molecule has 15 atom stereocenters. The molecule has 4 aromatic rings. The predicted molar refractivity (Wildman–Crippen MR) is 424 cm³/mol. The van der Waals surface area contributed by atoms with Gasteiger partial charge in [-0.2, -0.15) is 0 Å². The average Bonchev–Trinajstić information content (AvgIpc) is 1.67. The Morgan fingerprint density at radius 2 is 0.775 bits per heavy atom. The van der Waals surface area contributed by atoms with Gasteiger partial charge in [0.1, 0.15) is 30.0 Å². The lowest BCUT2D eigenvalue weighted by molar-refractivity contribution is -0.146. The van der Waals surface area contributed by atoms with Gasteiger partial charge in [0.2, 0.25) is 41.4 Å². The van der Waals surface area contributed by atoms with Gasteiger partial charge in [0.25, 0.3) is 17.7 Å². The van der Waals surface area contributed by atoms with Crippen LogP contribution in [-0.4, -0.2) is 193 Å². The van der Waals surface area contributed by atoms with Gasteiger partial charge < -0.3 is 67.9 Å². The van der Waals surface area contributed by atoms with Crippen molar-refractivity contribution in [2.75, 3.05) is 40.8 Å². The Morgan fingerprint density at radius 1 is 0.423 bits per heavy atom. The zero-order chi connectivity index (χ0) is 80.7. The number of carbonyl (C=O) groups excluding carboxylic acids is 12. The number of likely N-dealkylation sites (N-methyl/N-ethyl adjacent to an activating group) is 3. The van der Waals surface area contributed by atoms with Gasteiger partial charge >= 0.3 is 0 Å². The van der Waals surface area contributed by atoms with Crippen molar-refractivity contribution >= 4 is 70.6 Å². The first-order valence-corrected chi connectivity index (χ1v) is 40.0. The van der Waals surface area contributed by atoms with Gasteiger partial charge in [0.15, 0.2) is 5.78 Å². The molecule has 3 heterocycles. The number of nitrogens with one attached hydrogen (secondary N) is 10. The molecule has 3 aliphatic carbocycles. The highest BCUT2D eigenvalue weighted by atomic mass is 16.2. The van der Waals surface area contributed by atoms with Crippen LogP contribution in [0.2, 0.25) is 0 Å². The van der Waals surface area contributed by atoms with Crippen molar-refractivity contribution in [3.63, 3.8) is 0 Å².